The number of nitrogens with zero attached hydrogens (tertiary/aromatic N) is 5. The zero-order valence-electron chi connectivity index (χ0n) is 28.2. The maximum Gasteiger partial charge on any atom is 0.416 e. The lowest BCUT2D eigenvalue weighted by Gasteiger charge is -2.34. The second-order valence-corrected chi connectivity index (χ2v) is 12.5. The molecule has 274 valence electrons. The van der Waals surface area contributed by atoms with Crippen molar-refractivity contribution in [2.45, 2.75) is 12.7 Å². The van der Waals surface area contributed by atoms with E-state index in [1.54, 1.807) is 18.2 Å². The number of alkyl halides is 4. The highest BCUT2D eigenvalue weighted by Gasteiger charge is 2.32. The highest BCUT2D eigenvalue weighted by atomic mass is 79.9. The van der Waals surface area contributed by atoms with Gasteiger partial charge in [-0.1, -0.05) is 23.7 Å². The van der Waals surface area contributed by atoms with Crippen molar-refractivity contribution in [3.05, 3.63) is 112 Å². The maximum absolute atomic E-state index is 13.6. The minimum absolute atomic E-state index is 0. The van der Waals surface area contributed by atoms with Crippen molar-refractivity contribution in [2.75, 3.05) is 51.4 Å². The van der Waals surface area contributed by atoms with Gasteiger partial charge in [-0.2, -0.15) is 13.2 Å². The predicted octanol–water partition coefficient (Wildman–Crippen LogP) is 8.20. The van der Waals surface area contributed by atoms with Gasteiger partial charge in [-0.15, -0.1) is 17.0 Å². The molecule has 2 aromatic heterocycles. The second-order valence-electron chi connectivity index (χ2n) is 12.1. The van der Waals surface area contributed by atoms with E-state index in [2.05, 4.69) is 9.88 Å². The van der Waals surface area contributed by atoms with Crippen LogP contribution in [0.5, 0.6) is 17.4 Å². The van der Waals surface area contributed by atoms with E-state index in [0.29, 0.717) is 36.0 Å². The van der Waals surface area contributed by atoms with Gasteiger partial charge in [-0.25, -0.2) is 9.37 Å². The van der Waals surface area contributed by atoms with Crippen LogP contribution in [0.15, 0.2) is 85.1 Å². The van der Waals surface area contributed by atoms with Gasteiger partial charge in [0.15, 0.2) is 0 Å². The third-order valence-corrected chi connectivity index (χ3v) is 9.05. The number of ether oxygens (including phenoxy) is 2. The van der Waals surface area contributed by atoms with Crippen molar-refractivity contribution in [2.24, 2.45) is 7.05 Å². The molecule has 0 N–H and O–H groups in total. The zero-order valence-corrected chi connectivity index (χ0v) is 30.7. The van der Waals surface area contributed by atoms with E-state index in [1.807, 2.05) is 59.0 Å². The molecule has 0 unspecified atom stereocenters. The molecule has 1 saturated heterocycles. The molecule has 0 saturated carbocycles. The number of fused-ring (bicyclic) bond motifs is 1. The number of hydrogen-bond donors (Lipinski definition) is 0. The number of halogens is 6. The van der Waals surface area contributed by atoms with Crippen LogP contribution in [0.1, 0.15) is 32.0 Å². The van der Waals surface area contributed by atoms with Crippen molar-refractivity contribution in [1.29, 1.82) is 0 Å². The summed E-state index contributed by atoms with van der Waals surface area (Å²) < 4.78 is 64.5. The molecule has 6 rings (SSSR count). The third kappa shape index (κ3) is 8.68. The van der Waals surface area contributed by atoms with Crippen LogP contribution in [-0.4, -0.2) is 77.7 Å². The van der Waals surface area contributed by atoms with E-state index < -0.39 is 24.3 Å². The molecule has 1 aliphatic rings. The summed E-state index contributed by atoms with van der Waals surface area (Å²) in [6.07, 6.45) is -3.17. The Morgan fingerprint density at radius 3 is 2.27 bits per heavy atom. The van der Waals surface area contributed by atoms with E-state index >= 15 is 0 Å². The summed E-state index contributed by atoms with van der Waals surface area (Å²) in [5.41, 5.74) is 1.82. The first-order valence-electron chi connectivity index (χ1n) is 16.1. The Kier molecular flexibility index (Phi) is 12.1. The second kappa shape index (κ2) is 16.3. The van der Waals surface area contributed by atoms with Crippen molar-refractivity contribution in [3.8, 4) is 17.4 Å². The molecule has 0 atom stereocenters. The Morgan fingerprint density at radius 2 is 1.63 bits per heavy atom. The molecule has 3 aromatic carbocycles. The fraction of sp³-hybridized carbons (Fsp3) is 0.270. The topological polar surface area (TPSA) is 80.1 Å². The van der Waals surface area contributed by atoms with Gasteiger partial charge in [-0.05, 0) is 60.2 Å². The number of aromatic nitrogens is 2. The quantitative estimate of drug-likeness (QED) is 0.133. The Hall–Kier alpha value is -4.66. The fourth-order valence-corrected chi connectivity index (χ4v) is 6.13. The number of carbonyl (C=O) groups excluding carboxylic acids is 2. The van der Waals surface area contributed by atoms with Crippen molar-refractivity contribution in [1.82, 2.24) is 19.4 Å². The largest absolute Gasteiger partial charge is 0.491 e. The van der Waals surface area contributed by atoms with Crippen LogP contribution in [0.25, 0.3) is 10.9 Å². The van der Waals surface area contributed by atoms with E-state index in [1.165, 1.54) is 18.1 Å². The summed E-state index contributed by atoms with van der Waals surface area (Å²) in [7, 11) is 3.30. The standard InChI is InChI=1S/C37H34ClF4N5O4.BrH/c1-44(35(48)30-11-6-26(20-31(30)38)37(40,41)42)27-7-12-34(43-22-27)51-29-10-5-25-19-33(45(2)32(25)21-29)36(49)47-16-14-46(15-17-47)23-24-3-8-28(9-4-24)50-18-13-39;/h3-12,19-22H,13-18,23H2,1-2H3;1H. The molecule has 9 nitrogen and oxygen atoms in total. The SMILES string of the molecule is Br.CN(C(=O)c1ccc(C(F)(F)F)cc1Cl)c1ccc(Oc2ccc3cc(C(=O)N4CCN(Cc5ccc(OCCF)cc5)CC4)n(C)c3c2)nc1. The van der Waals surface area contributed by atoms with Crippen LogP contribution in [0.2, 0.25) is 5.02 Å². The van der Waals surface area contributed by atoms with Gasteiger partial charge in [0.05, 0.1) is 33.6 Å². The molecule has 52 heavy (non-hydrogen) atoms. The van der Waals surface area contributed by atoms with Gasteiger partial charge in [0.2, 0.25) is 5.88 Å². The molecule has 15 heteroatoms. The lowest BCUT2D eigenvalue weighted by molar-refractivity contribution is -0.137. The Morgan fingerprint density at radius 1 is 0.923 bits per heavy atom. The fourth-order valence-electron chi connectivity index (χ4n) is 5.87. The summed E-state index contributed by atoms with van der Waals surface area (Å²) in [4.78, 5) is 36.2. The average Bonchev–Trinajstić information content (AvgIpc) is 3.45. The number of hydrogen-bond acceptors (Lipinski definition) is 6. The molecular formula is C37H35BrClF4N5O4. The first-order chi connectivity index (χ1) is 24.4. The van der Waals surface area contributed by atoms with E-state index in [4.69, 9.17) is 21.1 Å². The highest BCUT2D eigenvalue weighted by Crippen LogP contribution is 2.33. The van der Waals surface area contributed by atoms with Crippen molar-refractivity contribution < 1.29 is 36.6 Å². The van der Waals surface area contributed by atoms with Crippen molar-refractivity contribution in [3.63, 3.8) is 0 Å². The van der Waals surface area contributed by atoms with E-state index in [0.717, 1.165) is 54.3 Å². The molecule has 0 bridgehead atoms. The van der Waals surface area contributed by atoms with Crippen molar-refractivity contribution >= 4 is 57.0 Å². The summed E-state index contributed by atoms with van der Waals surface area (Å²) in [5.74, 6) is 0.712. The van der Waals surface area contributed by atoms with Gasteiger partial charge in [0.25, 0.3) is 11.8 Å². The summed E-state index contributed by atoms with van der Waals surface area (Å²) in [6.45, 7) is 2.89. The van der Waals surface area contributed by atoms with Crippen LogP contribution in [0.4, 0.5) is 23.2 Å². The number of aryl methyl sites for hydroxylation is 1. The van der Waals surface area contributed by atoms with Crippen LogP contribution >= 0.6 is 28.6 Å². The summed E-state index contributed by atoms with van der Waals surface area (Å²) >= 11 is 6.01. The normalized spacial score (nSPS) is 13.5. The lowest BCUT2D eigenvalue weighted by atomic mass is 10.1. The van der Waals surface area contributed by atoms with Gasteiger partial charge in [0.1, 0.15) is 30.5 Å². The number of benzene rings is 3. The number of amides is 2. The molecule has 0 radical (unpaired) electrons. The van der Waals surface area contributed by atoms with Crippen LogP contribution in [-0.2, 0) is 19.8 Å². The minimum Gasteiger partial charge on any atom is -0.491 e. The van der Waals surface area contributed by atoms with E-state index in [-0.39, 0.29) is 46.0 Å². The molecular weight excluding hydrogens is 770 g/mol. The lowest BCUT2D eigenvalue weighted by Crippen LogP contribution is -2.48. The number of pyridine rings is 1. The number of rotatable bonds is 10. The molecule has 3 heterocycles. The molecule has 5 aromatic rings. The first-order valence-corrected chi connectivity index (χ1v) is 16.5. The van der Waals surface area contributed by atoms with Crippen LogP contribution in [0.3, 0.4) is 0 Å². The van der Waals surface area contributed by atoms with Gasteiger partial charge >= 0.3 is 6.18 Å². The summed E-state index contributed by atoms with van der Waals surface area (Å²) in [5, 5.41) is 0.562. The van der Waals surface area contributed by atoms with Gasteiger partial charge in [-0.3, -0.25) is 14.5 Å². The maximum atomic E-state index is 13.6. The molecule has 0 spiro atoms. The van der Waals surface area contributed by atoms with E-state index in [9.17, 15) is 27.2 Å². The number of piperazine rings is 1. The summed E-state index contributed by atoms with van der Waals surface area (Å²) in [6, 6.07) is 20.7. The Balaban J connectivity index is 0.00000523. The third-order valence-electron chi connectivity index (χ3n) is 8.73. The average molecular weight is 805 g/mol. The number of anilines is 1. The number of carbonyl (C=O) groups is 2. The monoisotopic (exact) mass is 803 g/mol. The smallest absolute Gasteiger partial charge is 0.416 e. The zero-order chi connectivity index (χ0) is 36.3. The van der Waals surface area contributed by atoms with Crippen LogP contribution in [0, 0.1) is 0 Å². The molecule has 2 amide bonds. The Bertz CT molecular complexity index is 2040. The minimum atomic E-state index is -4.58. The van der Waals surface area contributed by atoms with Gasteiger partial charge in [0, 0.05) is 64.3 Å². The molecule has 1 fully saturated rings. The predicted molar refractivity (Wildman–Crippen MR) is 196 cm³/mol. The van der Waals surface area contributed by atoms with Gasteiger partial charge < -0.3 is 23.8 Å². The first kappa shape index (κ1) is 38.6. The van der Waals surface area contributed by atoms with Crippen LogP contribution < -0.4 is 14.4 Å². The Labute approximate surface area is 313 Å². The highest BCUT2D eigenvalue weighted by molar-refractivity contribution is 8.93. The molecule has 1 aliphatic heterocycles. The molecule has 0 aliphatic carbocycles.